The number of hydrogen-bond donors (Lipinski definition) is 4. The second kappa shape index (κ2) is 12.0. The third-order valence-corrected chi connectivity index (χ3v) is 1.99. The monoisotopic (exact) mass is 270 g/mol. The zero-order valence-corrected chi connectivity index (χ0v) is 11.1. The molecule has 0 aromatic rings. The predicted molar refractivity (Wildman–Crippen MR) is 64.5 cm³/mol. The average molecular weight is 270 g/mol. The second-order valence-electron chi connectivity index (χ2n) is 3.78. The fourth-order valence-corrected chi connectivity index (χ4v) is 1.23. The molecule has 0 amide bonds. The van der Waals surface area contributed by atoms with E-state index in [1.165, 1.54) is 32.1 Å². The van der Waals surface area contributed by atoms with Crippen molar-refractivity contribution in [1.82, 2.24) is 0 Å². The van der Waals surface area contributed by atoms with Gasteiger partial charge in [0, 0.05) is 6.42 Å². The molecule has 0 atom stereocenters. The number of hydrogen-bond acceptors (Lipinski definition) is 2. The summed E-state index contributed by atoms with van der Waals surface area (Å²) in [4.78, 5) is 31.7. The summed E-state index contributed by atoms with van der Waals surface area (Å²) < 4.78 is 8.88. The second-order valence-corrected chi connectivity index (χ2v) is 4.80. The highest BCUT2D eigenvalue weighted by atomic mass is 31.2. The summed E-state index contributed by atoms with van der Waals surface area (Å²) in [6.45, 7) is 2.20. The molecule has 0 aromatic heterocycles. The van der Waals surface area contributed by atoms with Crippen LogP contribution in [-0.4, -0.2) is 25.8 Å². The van der Waals surface area contributed by atoms with Gasteiger partial charge < -0.3 is 19.8 Å². The van der Waals surface area contributed by atoms with Crippen LogP contribution in [0.2, 0.25) is 0 Å². The van der Waals surface area contributed by atoms with E-state index in [4.69, 9.17) is 24.4 Å². The van der Waals surface area contributed by atoms with Gasteiger partial charge in [-0.2, -0.15) is 0 Å². The van der Waals surface area contributed by atoms with Gasteiger partial charge >= 0.3 is 13.8 Å². The molecule has 17 heavy (non-hydrogen) atoms. The smallest absolute Gasteiger partial charge is 0.466 e. The first-order chi connectivity index (χ1) is 7.77. The minimum Gasteiger partial charge on any atom is -0.481 e. The van der Waals surface area contributed by atoms with Gasteiger partial charge in [-0.05, 0) is 6.42 Å². The molecule has 0 radical (unpaired) electrons. The number of carbonyl (C=O) groups is 1. The molecule has 0 rings (SSSR count). The van der Waals surface area contributed by atoms with Crippen LogP contribution < -0.4 is 0 Å². The molecule has 0 aliphatic carbocycles. The molecule has 0 heterocycles. The first kappa shape index (κ1) is 18.9. The van der Waals surface area contributed by atoms with Gasteiger partial charge in [-0.1, -0.05) is 45.4 Å². The number of aliphatic carboxylic acids is 1. The lowest BCUT2D eigenvalue weighted by molar-refractivity contribution is -0.137. The van der Waals surface area contributed by atoms with Gasteiger partial charge in [0.25, 0.3) is 0 Å². The van der Waals surface area contributed by atoms with Crippen LogP contribution in [0.4, 0.5) is 0 Å². The Morgan fingerprint density at radius 1 is 0.941 bits per heavy atom. The maximum absolute atomic E-state index is 10.1. The van der Waals surface area contributed by atoms with Gasteiger partial charge in [-0.3, -0.25) is 4.79 Å². The predicted octanol–water partition coefficient (Wildman–Crippen LogP) is 2.28. The van der Waals surface area contributed by atoms with E-state index in [0.717, 1.165) is 12.8 Å². The Morgan fingerprint density at radius 2 is 1.29 bits per heavy atom. The molecule has 7 heteroatoms. The van der Waals surface area contributed by atoms with Gasteiger partial charge in [0.05, 0.1) is 0 Å². The van der Waals surface area contributed by atoms with Crippen molar-refractivity contribution in [3.63, 3.8) is 0 Å². The minimum atomic E-state index is -4.64. The van der Waals surface area contributed by atoms with Gasteiger partial charge in [-0.15, -0.1) is 0 Å². The van der Waals surface area contributed by atoms with E-state index in [-0.39, 0.29) is 0 Å². The standard InChI is InChI=1S/C10H20O2.H3O4P/c1-2-3-4-5-6-7-8-9-10(11)12;1-5(2,3)4/h2-9H2,1H3,(H,11,12);(H3,1,2,3,4). The zero-order valence-electron chi connectivity index (χ0n) is 10.2. The normalized spacial score (nSPS) is 10.6. The molecule has 0 bridgehead atoms. The van der Waals surface area contributed by atoms with Crippen LogP contribution in [0.15, 0.2) is 0 Å². The van der Waals surface area contributed by atoms with Crippen LogP contribution in [-0.2, 0) is 9.36 Å². The van der Waals surface area contributed by atoms with Gasteiger partial charge in [-0.25, -0.2) is 4.57 Å². The molecule has 0 unspecified atom stereocenters. The first-order valence-electron chi connectivity index (χ1n) is 5.77. The van der Waals surface area contributed by atoms with Crippen molar-refractivity contribution in [3.05, 3.63) is 0 Å². The van der Waals surface area contributed by atoms with E-state index in [9.17, 15) is 4.79 Å². The van der Waals surface area contributed by atoms with E-state index in [0.29, 0.717) is 6.42 Å². The lowest BCUT2D eigenvalue weighted by Crippen LogP contribution is -1.93. The molecule has 0 aliphatic heterocycles. The van der Waals surface area contributed by atoms with Crippen molar-refractivity contribution in [2.75, 3.05) is 0 Å². The van der Waals surface area contributed by atoms with Gasteiger partial charge in [0.1, 0.15) is 0 Å². The van der Waals surface area contributed by atoms with Crippen molar-refractivity contribution >= 4 is 13.8 Å². The minimum absolute atomic E-state index is 0.341. The Morgan fingerprint density at radius 3 is 1.65 bits per heavy atom. The van der Waals surface area contributed by atoms with Gasteiger partial charge in [0.15, 0.2) is 0 Å². The van der Waals surface area contributed by atoms with E-state index in [1.54, 1.807) is 0 Å². The molecular formula is C10H23O6P. The van der Waals surface area contributed by atoms with Crippen molar-refractivity contribution in [1.29, 1.82) is 0 Å². The van der Waals surface area contributed by atoms with E-state index in [2.05, 4.69) is 6.92 Å². The lowest BCUT2D eigenvalue weighted by Gasteiger charge is -1.98. The Hall–Kier alpha value is -0.420. The molecule has 0 fully saturated rings. The highest BCUT2D eigenvalue weighted by Gasteiger charge is 2.00. The molecule has 0 saturated heterocycles. The fourth-order valence-electron chi connectivity index (χ4n) is 1.23. The first-order valence-corrected chi connectivity index (χ1v) is 7.34. The van der Waals surface area contributed by atoms with E-state index in [1.807, 2.05) is 0 Å². The lowest BCUT2D eigenvalue weighted by atomic mass is 10.1. The summed E-state index contributed by atoms with van der Waals surface area (Å²) in [6, 6.07) is 0. The Bertz CT molecular complexity index is 217. The molecule has 4 N–H and O–H groups in total. The van der Waals surface area contributed by atoms with Crippen molar-refractivity contribution < 1.29 is 29.1 Å². The molecular weight excluding hydrogens is 247 g/mol. The Balaban J connectivity index is 0. The number of carboxylic acid groups (broad SMARTS) is 1. The SMILES string of the molecule is CCCCCCCCCC(=O)O.O=P(O)(O)O. The van der Waals surface area contributed by atoms with Gasteiger partial charge in [0.2, 0.25) is 0 Å². The van der Waals surface area contributed by atoms with Crippen molar-refractivity contribution in [2.45, 2.75) is 58.3 Å². The molecule has 0 aliphatic rings. The molecule has 0 aromatic carbocycles. The highest BCUT2D eigenvalue weighted by molar-refractivity contribution is 7.45. The summed E-state index contributed by atoms with van der Waals surface area (Å²) in [7, 11) is -4.64. The summed E-state index contributed by atoms with van der Waals surface area (Å²) in [6.07, 6.45) is 8.64. The maximum Gasteiger partial charge on any atom is 0.466 e. The van der Waals surface area contributed by atoms with Crippen LogP contribution in [0, 0.1) is 0 Å². The summed E-state index contributed by atoms with van der Waals surface area (Å²) in [5.41, 5.74) is 0. The number of carboxylic acids is 1. The highest BCUT2D eigenvalue weighted by Crippen LogP contribution is 2.25. The molecule has 6 nitrogen and oxygen atoms in total. The third-order valence-electron chi connectivity index (χ3n) is 1.99. The largest absolute Gasteiger partial charge is 0.481 e. The molecule has 104 valence electrons. The number of phosphoric acid groups is 1. The van der Waals surface area contributed by atoms with Crippen LogP contribution in [0.1, 0.15) is 58.3 Å². The topological polar surface area (TPSA) is 115 Å². The van der Waals surface area contributed by atoms with Crippen LogP contribution in [0.3, 0.4) is 0 Å². The molecule has 0 saturated carbocycles. The average Bonchev–Trinajstić information content (AvgIpc) is 2.13. The van der Waals surface area contributed by atoms with Crippen LogP contribution in [0.25, 0.3) is 0 Å². The van der Waals surface area contributed by atoms with E-state index < -0.39 is 13.8 Å². The third kappa shape index (κ3) is 39.0. The van der Waals surface area contributed by atoms with E-state index >= 15 is 0 Å². The van der Waals surface area contributed by atoms with Crippen LogP contribution >= 0.6 is 7.82 Å². The maximum atomic E-state index is 10.1. The van der Waals surface area contributed by atoms with Crippen molar-refractivity contribution in [2.24, 2.45) is 0 Å². The van der Waals surface area contributed by atoms with Crippen LogP contribution in [0.5, 0.6) is 0 Å². The summed E-state index contributed by atoms with van der Waals surface area (Å²) in [5, 5.41) is 8.35. The van der Waals surface area contributed by atoms with Crippen molar-refractivity contribution in [3.8, 4) is 0 Å². The summed E-state index contributed by atoms with van der Waals surface area (Å²) in [5.74, 6) is -0.663. The fraction of sp³-hybridized carbons (Fsp3) is 0.900. The Kier molecular flexibility index (Phi) is 13.4. The number of unbranched alkanes of at least 4 members (excludes halogenated alkanes) is 6. The summed E-state index contributed by atoms with van der Waals surface area (Å²) >= 11 is 0. The Labute approximate surface area is 102 Å². The molecule has 0 spiro atoms. The zero-order chi connectivity index (χ0) is 13.7. The quantitative estimate of drug-likeness (QED) is 0.397. The number of rotatable bonds is 8.